The molecule has 2 aromatic heterocycles. The predicted molar refractivity (Wildman–Crippen MR) is 138 cm³/mol. The lowest BCUT2D eigenvalue weighted by Crippen LogP contribution is -2.66. The second-order valence-electron chi connectivity index (χ2n) is 10.1. The monoisotopic (exact) mass is 497 g/mol. The van der Waals surface area contributed by atoms with Gasteiger partial charge >= 0.3 is 0 Å². The number of hydrogen-bond donors (Lipinski definition) is 3. The Kier molecular flexibility index (Phi) is 6.40. The van der Waals surface area contributed by atoms with E-state index in [0.717, 1.165) is 16.5 Å². The Hall–Kier alpha value is -3.33. The maximum atomic E-state index is 13.0. The topological polar surface area (TPSA) is 108 Å². The first-order chi connectivity index (χ1) is 16.4. The van der Waals surface area contributed by atoms with E-state index in [9.17, 15) is 9.59 Å². The third kappa shape index (κ3) is 4.52. The molecule has 1 aromatic carbocycles. The van der Waals surface area contributed by atoms with E-state index in [1.165, 1.54) is 6.08 Å². The number of rotatable bonds is 6. The zero-order valence-corrected chi connectivity index (χ0v) is 21.7. The first-order valence-corrected chi connectivity index (χ1v) is 12.0. The average molecular weight is 498 g/mol. The number of aromatic amines is 1. The summed E-state index contributed by atoms with van der Waals surface area (Å²) in [5, 5.41) is 15.5. The summed E-state index contributed by atoms with van der Waals surface area (Å²) in [6, 6.07) is 3.76. The molecule has 3 heterocycles. The lowest BCUT2D eigenvalue weighted by atomic mass is 9.86. The van der Waals surface area contributed by atoms with Gasteiger partial charge in [-0.3, -0.25) is 14.7 Å². The number of aromatic nitrogens is 4. The van der Waals surface area contributed by atoms with E-state index in [0.29, 0.717) is 41.1 Å². The van der Waals surface area contributed by atoms with Gasteiger partial charge < -0.3 is 20.1 Å². The van der Waals surface area contributed by atoms with Crippen LogP contribution in [0.1, 0.15) is 55.3 Å². The molecule has 2 atom stereocenters. The molecule has 0 saturated carbocycles. The number of carbonyl (C=O) groups is 2. The number of aryl methyl sites for hydroxylation is 1. The van der Waals surface area contributed by atoms with Crippen LogP contribution in [0.25, 0.3) is 10.9 Å². The fourth-order valence-corrected chi connectivity index (χ4v) is 4.95. The number of likely N-dealkylation sites (tertiary alicyclic amines) is 1. The molecule has 0 bridgehead atoms. The summed E-state index contributed by atoms with van der Waals surface area (Å²) in [6.45, 7) is 14.5. The second-order valence-corrected chi connectivity index (χ2v) is 10.5. The van der Waals surface area contributed by atoms with Gasteiger partial charge in [0.05, 0.1) is 29.8 Å². The molecule has 10 heteroatoms. The molecule has 35 heavy (non-hydrogen) atoms. The number of fused-ring (bicyclic) bond motifs is 1. The minimum atomic E-state index is -0.207. The van der Waals surface area contributed by atoms with Crippen LogP contribution in [0.3, 0.4) is 0 Å². The molecule has 3 N–H and O–H groups in total. The van der Waals surface area contributed by atoms with Crippen molar-refractivity contribution in [3.05, 3.63) is 52.6 Å². The van der Waals surface area contributed by atoms with Gasteiger partial charge in [0.1, 0.15) is 11.5 Å². The van der Waals surface area contributed by atoms with Gasteiger partial charge in [0.15, 0.2) is 5.82 Å². The van der Waals surface area contributed by atoms with E-state index in [-0.39, 0.29) is 29.3 Å². The number of nitrogens with zero attached hydrogens (tertiary/aromatic N) is 4. The summed E-state index contributed by atoms with van der Waals surface area (Å²) in [5.41, 5.74) is 2.92. The third-order valence-electron chi connectivity index (χ3n) is 6.69. The number of imidazole rings is 1. The maximum Gasteiger partial charge on any atom is 0.270 e. The average Bonchev–Trinajstić information content (AvgIpc) is 3.31. The van der Waals surface area contributed by atoms with Crippen LogP contribution in [-0.4, -0.2) is 55.1 Å². The molecule has 0 aliphatic carbocycles. The quantitative estimate of drug-likeness (QED) is 0.450. The normalized spacial score (nSPS) is 17.9. The lowest BCUT2D eigenvalue weighted by molar-refractivity contribution is -0.134. The summed E-state index contributed by atoms with van der Waals surface area (Å²) in [6.07, 6.45) is 1.29. The van der Waals surface area contributed by atoms with Gasteiger partial charge in [0, 0.05) is 24.0 Å². The summed E-state index contributed by atoms with van der Waals surface area (Å²) in [5.74, 6) is 1.07. The molecule has 4 rings (SSSR count). The Balaban J connectivity index is 1.48. The van der Waals surface area contributed by atoms with Crippen molar-refractivity contribution < 1.29 is 9.59 Å². The molecule has 186 valence electrons. The van der Waals surface area contributed by atoms with Crippen molar-refractivity contribution in [2.45, 2.75) is 58.7 Å². The highest BCUT2D eigenvalue weighted by Crippen LogP contribution is 2.34. The van der Waals surface area contributed by atoms with Gasteiger partial charge in [0.2, 0.25) is 5.91 Å². The molecule has 0 radical (unpaired) electrons. The van der Waals surface area contributed by atoms with Gasteiger partial charge in [-0.05, 0) is 43.0 Å². The molecule has 2 amide bonds. The predicted octanol–water partition coefficient (Wildman–Crippen LogP) is 3.68. The molecule has 1 aliphatic heterocycles. The Morgan fingerprint density at radius 2 is 2.06 bits per heavy atom. The van der Waals surface area contributed by atoms with Crippen LogP contribution in [0, 0.1) is 6.92 Å². The van der Waals surface area contributed by atoms with Crippen molar-refractivity contribution in [3.8, 4) is 0 Å². The molecule has 0 unspecified atom stereocenters. The fraction of sp³-hybridized carbons (Fsp3) is 0.440. The van der Waals surface area contributed by atoms with Crippen LogP contribution in [0.15, 0.2) is 24.8 Å². The number of benzene rings is 1. The van der Waals surface area contributed by atoms with Crippen LogP contribution in [0.2, 0.25) is 5.02 Å². The Labute approximate surface area is 209 Å². The van der Waals surface area contributed by atoms with Crippen LogP contribution in [0.4, 0.5) is 5.82 Å². The maximum absolute atomic E-state index is 13.0. The zero-order valence-electron chi connectivity index (χ0n) is 21.0. The summed E-state index contributed by atoms with van der Waals surface area (Å²) in [7, 11) is 1.82. The van der Waals surface area contributed by atoms with Crippen molar-refractivity contribution in [1.82, 2.24) is 30.0 Å². The number of amides is 2. The highest BCUT2D eigenvalue weighted by molar-refractivity contribution is 6.32. The minimum absolute atomic E-state index is 0.0847. The highest BCUT2D eigenvalue weighted by Gasteiger charge is 2.39. The number of H-pyrrole nitrogens is 1. The lowest BCUT2D eigenvalue weighted by Gasteiger charge is -2.46. The van der Waals surface area contributed by atoms with E-state index in [2.05, 4.69) is 59.2 Å². The Morgan fingerprint density at radius 3 is 2.69 bits per heavy atom. The Morgan fingerprint density at radius 1 is 1.34 bits per heavy atom. The molecule has 0 spiro atoms. The molecule has 3 aromatic rings. The van der Waals surface area contributed by atoms with Crippen LogP contribution < -0.4 is 10.6 Å². The minimum Gasteiger partial charge on any atom is -0.361 e. The number of hydrogen-bond acceptors (Lipinski definition) is 5. The fourth-order valence-electron chi connectivity index (χ4n) is 4.50. The first-order valence-electron chi connectivity index (χ1n) is 11.6. The van der Waals surface area contributed by atoms with Gasteiger partial charge in [0.25, 0.3) is 5.91 Å². The van der Waals surface area contributed by atoms with Gasteiger partial charge in [-0.1, -0.05) is 39.0 Å². The van der Waals surface area contributed by atoms with Crippen molar-refractivity contribution in [3.63, 3.8) is 0 Å². The van der Waals surface area contributed by atoms with Gasteiger partial charge in [-0.15, -0.1) is 0 Å². The van der Waals surface area contributed by atoms with E-state index in [1.807, 2.05) is 27.0 Å². The van der Waals surface area contributed by atoms with Gasteiger partial charge in [-0.25, -0.2) is 4.98 Å². The Bertz CT molecular complexity index is 1320. The van der Waals surface area contributed by atoms with Crippen molar-refractivity contribution in [1.29, 1.82) is 0 Å². The molecular formula is C25H32ClN7O2. The molecular weight excluding hydrogens is 466 g/mol. The molecule has 1 fully saturated rings. The molecule has 1 aliphatic rings. The van der Waals surface area contributed by atoms with E-state index in [1.54, 1.807) is 9.47 Å². The first kappa shape index (κ1) is 24.8. The number of halogens is 1. The van der Waals surface area contributed by atoms with E-state index in [4.69, 9.17) is 11.6 Å². The smallest absolute Gasteiger partial charge is 0.270 e. The van der Waals surface area contributed by atoms with Crippen LogP contribution in [-0.2, 0) is 23.8 Å². The van der Waals surface area contributed by atoms with Crippen molar-refractivity contribution >= 4 is 40.1 Å². The number of nitrogens with one attached hydrogen (secondary N) is 3. The van der Waals surface area contributed by atoms with Crippen LogP contribution in [0.5, 0.6) is 0 Å². The third-order valence-corrected chi connectivity index (χ3v) is 7.00. The molecule has 9 nitrogen and oxygen atoms in total. The van der Waals surface area contributed by atoms with Crippen molar-refractivity contribution in [2.24, 2.45) is 7.05 Å². The number of anilines is 1. The van der Waals surface area contributed by atoms with E-state index >= 15 is 0 Å². The SMILES string of the molecule is C=CC(=O)N1C[C@@H](NC(=O)c2c(C)nc(CNc3n[nH]c4cc(Cl)c(C(C)(C)C)cc34)n2C)[C@@H]1C. The molecule has 1 saturated heterocycles. The largest absolute Gasteiger partial charge is 0.361 e. The van der Waals surface area contributed by atoms with E-state index < -0.39 is 0 Å². The standard InChI is InChI=1S/C25H32ClN7O2/c1-8-21(34)33-12-19(14(33)3)29-24(35)22-13(2)28-20(32(22)7)11-27-23-15-9-16(25(4,5)6)17(26)10-18(15)30-31-23/h8-10,14,19H,1,11-12H2,2-7H3,(H,29,35)(H2,27,30,31)/t14-,19+/m0/s1. The summed E-state index contributed by atoms with van der Waals surface area (Å²) in [4.78, 5) is 31.1. The second kappa shape index (κ2) is 9.03. The zero-order chi connectivity index (χ0) is 25.7. The number of carbonyl (C=O) groups excluding carboxylic acids is 2. The summed E-state index contributed by atoms with van der Waals surface area (Å²) < 4.78 is 1.79. The summed E-state index contributed by atoms with van der Waals surface area (Å²) >= 11 is 6.49. The van der Waals surface area contributed by atoms with Crippen LogP contribution >= 0.6 is 11.6 Å². The highest BCUT2D eigenvalue weighted by atomic mass is 35.5. The van der Waals surface area contributed by atoms with Crippen molar-refractivity contribution in [2.75, 3.05) is 11.9 Å². The van der Waals surface area contributed by atoms with Gasteiger partial charge in [-0.2, -0.15) is 5.10 Å².